The van der Waals surface area contributed by atoms with E-state index in [0.29, 0.717) is 22.8 Å². The summed E-state index contributed by atoms with van der Waals surface area (Å²) in [6.07, 6.45) is 0. The van der Waals surface area contributed by atoms with Crippen molar-refractivity contribution < 1.29 is 13.2 Å². The maximum absolute atomic E-state index is 12.8. The lowest BCUT2D eigenvalue weighted by molar-refractivity contribution is 0.411. The van der Waals surface area contributed by atoms with E-state index in [0.717, 1.165) is 16.9 Å². The number of rotatable bonds is 6. The van der Waals surface area contributed by atoms with Crippen molar-refractivity contribution in [3.63, 3.8) is 0 Å². The molecular weight excluding hydrogens is 376 g/mol. The van der Waals surface area contributed by atoms with E-state index < -0.39 is 10.0 Å². The zero-order valence-corrected chi connectivity index (χ0v) is 17.0. The van der Waals surface area contributed by atoms with Crippen LogP contribution in [0.3, 0.4) is 0 Å². The second-order valence-corrected chi connectivity index (χ2v) is 8.03. The lowest BCUT2D eigenvalue weighted by Gasteiger charge is -2.14. The van der Waals surface area contributed by atoms with Gasteiger partial charge in [0.25, 0.3) is 10.0 Å². The molecule has 2 aromatic carbocycles. The second kappa shape index (κ2) is 7.85. The summed E-state index contributed by atoms with van der Waals surface area (Å²) in [5.41, 5.74) is 3.53. The molecule has 7 nitrogen and oxygen atoms in total. The van der Waals surface area contributed by atoms with Crippen molar-refractivity contribution in [2.45, 2.75) is 25.7 Å². The van der Waals surface area contributed by atoms with E-state index in [9.17, 15) is 8.42 Å². The van der Waals surface area contributed by atoms with Crippen molar-refractivity contribution in [3.05, 3.63) is 65.4 Å². The molecule has 28 heavy (non-hydrogen) atoms. The van der Waals surface area contributed by atoms with Crippen LogP contribution in [-0.2, 0) is 10.0 Å². The molecule has 0 radical (unpaired) electrons. The van der Waals surface area contributed by atoms with Crippen molar-refractivity contribution in [2.24, 2.45) is 0 Å². The monoisotopic (exact) mass is 398 g/mol. The zero-order chi connectivity index (χ0) is 20.3. The number of hydrogen-bond donors (Lipinski definition) is 2. The Hall–Kier alpha value is -3.13. The van der Waals surface area contributed by atoms with Crippen molar-refractivity contribution in [2.75, 3.05) is 17.1 Å². The minimum Gasteiger partial charge on any atom is -0.496 e. The van der Waals surface area contributed by atoms with Gasteiger partial charge in [0.2, 0.25) is 0 Å². The molecule has 0 aliphatic rings. The summed E-state index contributed by atoms with van der Waals surface area (Å²) in [6, 6.07) is 13.8. The molecule has 0 saturated carbocycles. The van der Waals surface area contributed by atoms with Gasteiger partial charge in [0.1, 0.15) is 5.75 Å². The van der Waals surface area contributed by atoms with Gasteiger partial charge >= 0.3 is 0 Å². The molecule has 3 aromatic rings. The molecule has 146 valence electrons. The zero-order valence-electron chi connectivity index (χ0n) is 16.1. The molecule has 0 amide bonds. The first-order valence-electron chi connectivity index (χ1n) is 8.64. The molecule has 0 unspecified atom stereocenters. The molecule has 0 spiro atoms. The lowest BCUT2D eigenvalue weighted by atomic mass is 10.1. The minimum atomic E-state index is -3.72. The first-order valence-corrected chi connectivity index (χ1v) is 10.1. The summed E-state index contributed by atoms with van der Waals surface area (Å²) < 4.78 is 33.5. The SMILES string of the molecule is COc1ccc(S(=O)(=O)Nc2ccc(Nc3ccc(C)nn3)cc2)c(C)c1C. The summed E-state index contributed by atoms with van der Waals surface area (Å²) in [4.78, 5) is 0.225. The predicted molar refractivity (Wildman–Crippen MR) is 110 cm³/mol. The summed E-state index contributed by atoms with van der Waals surface area (Å²) in [6.45, 7) is 5.47. The molecular formula is C20H22N4O3S. The number of nitrogens with one attached hydrogen (secondary N) is 2. The van der Waals surface area contributed by atoms with E-state index in [4.69, 9.17) is 4.74 Å². The fourth-order valence-corrected chi connectivity index (χ4v) is 4.09. The Morgan fingerprint density at radius 2 is 1.50 bits per heavy atom. The molecule has 1 heterocycles. The maximum Gasteiger partial charge on any atom is 0.262 e. The van der Waals surface area contributed by atoms with Crippen molar-refractivity contribution in [3.8, 4) is 5.75 Å². The number of nitrogens with zero attached hydrogens (tertiary/aromatic N) is 2. The number of ether oxygens (including phenoxy) is 1. The number of anilines is 3. The van der Waals surface area contributed by atoms with Crippen LogP contribution in [0.5, 0.6) is 5.75 Å². The quantitative estimate of drug-likeness (QED) is 0.653. The molecule has 2 N–H and O–H groups in total. The van der Waals surface area contributed by atoms with Crippen LogP contribution < -0.4 is 14.8 Å². The number of benzene rings is 2. The fraction of sp³-hybridized carbons (Fsp3) is 0.200. The van der Waals surface area contributed by atoms with E-state index in [1.165, 1.54) is 0 Å². The predicted octanol–water partition coefficient (Wildman–Crippen LogP) is 3.95. The van der Waals surface area contributed by atoms with Crippen molar-refractivity contribution in [1.82, 2.24) is 10.2 Å². The van der Waals surface area contributed by atoms with Gasteiger partial charge in [0.05, 0.1) is 17.7 Å². The Morgan fingerprint density at radius 3 is 2.11 bits per heavy atom. The van der Waals surface area contributed by atoms with Gasteiger partial charge in [-0.2, -0.15) is 5.10 Å². The second-order valence-electron chi connectivity index (χ2n) is 6.38. The van der Waals surface area contributed by atoms with E-state index in [2.05, 4.69) is 20.2 Å². The lowest BCUT2D eigenvalue weighted by Crippen LogP contribution is -2.15. The molecule has 3 rings (SSSR count). The van der Waals surface area contributed by atoms with E-state index in [1.54, 1.807) is 50.4 Å². The molecule has 0 fully saturated rings. The highest BCUT2D eigenvalue weighted by atomic mass is 32.2. The number of hydrogen-bond acceptors (Lipinski definition) is 6. The van der Waals surface area contributed by atoms with Crippen LogP contribution in [0.4, 0.5) is 17.2 Å². The molecule has 0 aliphatic carbocycles. The third-order valence-electron chi connectivity index (χ3n) is 4.40. The van der Waals surface area contributed by atoms with E-state index in [1.807, 2.05) is 26.0 Å². The third kappa shape index (κ3) is 4.23. The molecule has 0 saturated heterocycles. The molecule has 8 heteroatoms. The molecule has 0 atom stereocenters. The van der Waals surface area contributed by atoms with Crippen molar-refractivity contribution >= 4 is 27.2 Å². The van der Waals surface area contributed by atoms with Gasteiger partial charge in [-0.05, 0) is 80.4 Å². The van der Waals surface area contributed by atoms with Gasteiger partial charge in [-0.15, -0.1) is 5.10 Å². The normalized spacial score (nSPS) is 11.1. The van der Waals surface area contributed by atoms with Crippen LogP contribution in [-0.4, -0.2) is 25.7 Å². The Labute approximate surface area is 164 Å². The Bertz CT molecular complexity index is 1080. The van der Waals surface area contributed by atoms with Crippen LogP contribution in [0, 0.1) is 20.8 Å². The van der Waals surface area contributed by atoms with Crippen LogP contribution in [0.25, 0.3) is 0 Å². The molecule has 0 aliphatic heterocycles. The van der Waals surface area contributed by atoms with E-state index in [-0.39, 0.29) is 4.90 Å². The minimum absolute atomic E-state index is 0.225. The van der Waals surface area contributed by atoms with Gasteiger partial charge in [-0.25, -0.2) is 8.42 Å². The van der Waals surface area contributed by atoms with Crippen LogP contribution >= 0.6 is 0 Å². The first kappa shape index (κ1) is 19.6. The highest BCUT2D eigenvalue weighted by molar-refractivity contribution is 7.92. The van der Waals surface area contributed by atoms with Gasteiger partial charge in [-0.1, -0.05) is 0 Å². The number of aromatic nitrogens is 2. The smallest absolute Gasteiger partial charge is 0.262 e. The molecule has 0 bridgehead atoms. The summed E-state index contributed by atoms with van der Waals surface area (Å²) in [7, 11) is -2.15. The van der Waals surface area contributed by atoms with Crippen LogP contribution in [0.15, 0.2) is 53.4 Å². The Balaban J connectivity index is 1.78. The number of aryl methyl sites for hydroxylation is 1. The van der Waals surface area contributed by atoms with Gasteiger partial charge in [0, 0.05) is 11.4 Å². The van der Waals surface area contributed by atoms with Crippen LogP contribution in [0.2, 0.25) is 0 Å². The number of sulfonamides is 1. The Kier molecular flexibility index (Phi) is 5.51. The molecule has 1 aromatic heterocycles. The first-order chi connectivity index (χ1) is 13.3. The van der Waals surface area contributed by atoms with Gasteiger partial charge in [0.15, 0.2) is 5.82 Å². The van der Waals surface area contributed by atoms with Crippen LogP contribution in [0.1, 0.15) is 16.8 Å². The summed E-state index contributed by atoms with van der Waals surface area (Å²) in [5.74, 6) is 1.27. The largest absolute Gasteiger partial charge is 0.496 e. The standard InChI is InChI=1S/C20H22N4O3S/c1-13-5-12-20(23-22-13)21-16-6-8-17(9-7-16)24-28(25,26)19-11-10-18(27-4)14(2)15(19)3/h5-12,24H,1-4H3,(H,21,23). The summed E-state index contributed by atoms with van der Waals surface area (Å²) >= 11 is 0. The topological polar surface area (TPSA) is 93.2 Å². The highest BCUT2D eigenvalue weighted by Gasteiger charge is 2.19. The third-order valence-corrected chi connectivity index (χ3v) is 5.93. The maximum atomic E-state index is 12.8. The number of methoxy groups -OCH3 is 1. The average molecular weight is 398 g/mol. The fourth-order valence-electron chi connectivity index (χ4n) is 2.73. The van der Waals surface area contributed by atoms with Crippen molar-refractivity contribution in [1.29, 1.82) is 0 Å². The Morgan fingerprint density at radius 1 is 0.821 bits per heavy atom. The van der Waals surface area contributed by atoms with Gasteiger partial charge in [-0.3, -0.25) is 4.72 Å². The average Bonchev–Trinajstić information content (AvgIpc) is 2.67. The summed E-state index contributed by atoms with van der Waals surface area (Å²) in [5, 5.41) is 11.2. The highest BCUT2D eigenvalue weighted by Crippen LogP contribution is 2.28. The van der Waals surface area contributed by atoms with Gasteiger partial charge < -0.3 is 10.1 Å². The van der Waals surface area contributed by atoms with E-state index >= 15 is 0 Å².